The summed E-state index contributed by atoms with van der Waals surface area (Å²) in [5, 5.41) is 3.19. The van der Waals surface area contributed by atoms with E-state index < -0.39 is 0 Å². The topological polar surface area (TPSA) is 43.4 Å². The maximum atomic E-state index is 5.52. The van der Waals surface area contributed by atoms with E-state index in [0.29, 0.717) is 13.2 Å². The lowest BCUT2D eigenvalue weighted by molar-refractivity contribution is 0.187. The molecule has 1 aromatic heterocycles. The fraction of sp³-hybridized carbons (Fsp3) is 0.444. The monoisotopic (exact) mass is 192 g/mol. The van der Waals surface area contributed by atoms with Crippen LogP contribution in [0, 0.1) is 0 Å². The van der Waals surface area contributed by atoms with Crippen molar-refractivity contribution in [3.63, 3.8) is 0 Å². The second-order valence-electron chi connectivity index (χ2n) is 3.08. The predicted octanol–water partition coefficient (Wildman–Crippen LogP) is -0.587. The minimum atomic E-state index is -0.307. The number of nitrogens with zero attached hydrogens (tertiary/aromatic N) is 1. The van der Waals surface area contributed by atoms with Crippen molar-refractivity contribution in [3.05, 3.63) is 24.4 Å². The third-order valence-electron chi connectivity index (χ3n) is 2.03. The summed E-state index contributed by atoms with van der Waals surface area (Å²) in [5.41, 5.74) is 0.842. The first kappa shape index (κ1) is 9.64. The van der Waals surface area contributed by atoms with Crippen LogP contribution in [0.15, 0.2) is 24.4 Å². The Balaban J connectivity index is 2.01. The molecule has 1 aliphatic rings. The molecule has 74 valence electrons. The molecule has 1 aliphatic heterocycles. The summed E-state index contributed by atoms with van der Waals surface area (Å²) in [5.74, 6) is 0. The van der Waals surface area contributed by atoms with Gasteiger partial charge in [-0.05, 0) is 12.1 Å². The van der Waals surface area contributed by atoms with Gasteiger partial charge in [-0.3, -0.25) is 4.98 Å². The van der Waals surface area contributed by atoms with Crippen LogP contribution in [0.25, 0.3) is 0 Å². The van der Waals surface area contributed by atoms with Crippen molar-refractivity contribution in [2.75, 3.05) is 26.3 Å². The first-order valence-corrected chi connectivity index (χ1v) is 4.82. The number of pyridine rings is 1. The Morgan fingerprint density at radius 2 is 2.00 bits per heavy atom. The number of hydrogen-bond acceptors (Lipinski definition) is 4. The van der Waals surface area contributed by atoms with Gasteiger partial charge in [0.25, 0.3) is 0 Å². The molecule has 14 heavy (non-hydrogen) atoms. The van der Waals surface area contributed by atoms with Crippen LogP contribution in [-0.4, -0.2) is 38.4 Å². The summed E-state index contributed by atoms with van der Waals surface area (Å²) < 4.78 is 11.0. The lowest BCUT2D eigenvalue weighted by Crippen LogP contribution is -2.44. The molecule has 1 fully saturated rings. The van der Waals surface area contributed by atoms with E-state index in [9.17, 15) is 0 Å². The van der Waals surface area contributed by atoms with Gasteiger partial charge in [0, 0.05) is 32.5 Å². The van der Waals surface area contributed by atoms with Crippen LogP contribution in [0.3, 0.4) is 0 Å². The van der Waals surface area contributed by atoms with Crippen LogP contribution in [-0.2, 0) is 9.31 Å². The molecule has 0 amide bonds. The summed E-state index contributed by atoms with van der Waals surface area (Å²) in [6.45, 7) is 3.04. The van der Waals surface area contributed by atoms with Gasteiger partial charge in [0.05, 0.1) is 5.59 Å². The fourth-order valence-corrected chi connectivity index (χ4v) is 1.34. The molecule has 2 heterocycles. The zero-order chi connectivity index (χ0) is 9.64. The number of aromatic nitrogens is 1. The molecule has 0 aliphatic carbocycles. The molecule has 0 aromatic carbocycles. The lowest BCUT2D eigenvalue weighted by atomic mass is 9.83. The van der Waals surface area contributed by atoms with Gasteiger partial charge in [0.2, 0.25) is 0 Å². The van der Waals surface area contributed by atoms with Gasteiger partial charge in [0.1, 0.15) is 0 Å². The molecule has 1 saturated heterocycles. The summed E-state index contributed by atoms with van der Waals surface area (Å²) in [7, 11) is -0.307. The molecule has 0 saturated carbocycles. The van der Waals surface area contributed by atoms with Crippen molar-refractivity contribution < 1.29 is 9.31 Å². The summed E-state index contributed by atoms with van der Waals surface area (Å²) in [4.78, 5) is 4.20. The zero-order valence-corrected chi connectivity index (χ0v) is 7.98. The third-order valence-corrected chi connectivity index (χ3v) is 2.03. The molecule has 1 N–H and O–H groups in total. The van der Waals surface area contributed by atoms with E-state index in [4.69, 9.17) is 9.31 Å². The quantitative estimate of drug-likeness (QED) is 0.604. The Bertz CT molecular complexity index is 263. The standard InChI is InChI=1S/C9H13BN2O2/c1-2-4-12-9(3-1)10-13-7-5-11-6-8-14-10/h1-4,11H,5-8H2. The van der Waals surface area contributed by atoms with Crippen molar-refractivity contribution >= 4 is 12.7 Å². The molecule has 0 atom stereocenters. The minimum Gasteiger partial charge on any atom is -0.405 e. The number of rotatable bonds is 1. The van der Waals surface area contributed by atoms with Crippen LogP contribution in [0.4, 0.5) is 0 Å². The van der Waals surface area contributed by atoms with E-state index in [-0.39, 0.29) is 7.12 Å². The molecular formula is C9H13BN2O2. The first-order chi connectivity index (χ1) is 6.97. The number of hydrogen-bond donors (Lipinski definition) is 1. The molecular weight excluding hydrogens is 179 g/mol. The first-order valence-electron chi connectivity index (χ1n) is 4.82. The largest absolute Gasteiger partial charge is 0.513 e. The van der Waals surface area contributed by atoms with Gasteiger partial charge in [-0.15, -0.1) is 0 Å². The lowest BCUT2D eigenvalue weighted by Gasteiger charge is -2.17. The van der Waals surface area contributed by atoms with Gasteiger partial charge < -0.3 is 14.6 Å². The second kappa shape index (κ2) is 5.09. The normalized spacial score (nSPS) is 18.7. The van der Waals surface area contributed by atoms with Crippen molar-refractivity contribution in [3.8, 4) is 0 Å². The average Bonchev–Trinajstić information content (AvgIpc) is 2.18. The van der Waals surface area contributed by atoms with Gasteiger partial charge in [-0.1, -0.05) is 6.07 Å². The second-order valence-corrected chi connectivity index (χ2v) is 3.08. The van der Waals surface area contributed by atoms with Gasteiger partial charge in [-0.25, -0.2) is 0 Å². The average molecular weight is 192 g/mol. The smallest absolute Gasteiger partial charge is 0.405 e. The van der Waals surface area contributed by atoms with Gasteiger partial charge >= 0.3 is 7.12 Å². The number of nitrogens with one attached hydrogen (secondary N) is 1. The molecule has 4 nitrogen and oxygen atoms in total. The van der Waals surface area contributed by atoms with E-state index in [1.807, 2.05) is 18.2 Å². The maximum Gasteiger partial charge on any atom is 0.513 e. The summed E-state index contributed by atoms with van der Waals surface area (Å²) in [6, 6.07) is 5.74. The van der Waals surface area contributed by atoms with Gasteiger partial charge in [0.15, 0.2) is 0 Å². The maximum absolute atomic E-state index is 5.52. The van der Waals surface area contributed by atoms with Crippen LogP contribution >= 0.6 is 0 Å². The highest BCUT2D eigenvalue weighted by atomic mass is 16.6. The third kappa shape index (κ3) is 2.54. The van der Waals surface area contributed by atoms with E-state index in [1.165, 1.54) is 0 Å². The van der Waals surface area contributed by atoms with E-state index in [0.717, 1.165) is 18.7 Å². The van der Waals surface area contributed by atoms with Crippen LogP contribution < -0.4 is 10.9 Å². The Kier molecular flexibility index (Phi) is 3.51. The molecule has 0 spiro atoms. The van der Waals surface area contributed by atoms with E-state index >= 15 is 0 Å². The Morgan fingerprint density at radius 3 is 2.64 bits per heavy atom. The summed E-state index contributed by atoms with van der Waals surface area (Å²) in [6.07, 6.45) is 1.75. The highest BCUT2D eigenvalue weighted by molar-refractivity contribution is 6.60. The molecule has 2 rings (SSSR count). The Hall–Kier alpha value is -0.905. The summed E-state index contributed by atoms with van der Waals surface area (Å²) >= 11 is 0. The molecule has 1 aromatic rings. The van der Waals surface area contributed by atoms with Crippen LogP contribution in [0.5, 0.6) is 0 Å². The highest BCUT2D eigenvalue weighted by Gasteiger charge is 2.23. The fourth-order valence-electron chi connectivity index (χ4n) is 1.34. The molecule has 5 heteroatoms. The van der Waals surface area contributed by atoms with E-state index in [1.54, 1.807) is 6.20 Å². The Labute approximate surface area is 83.8 Å². The molecule has 0 radical (unpaired) electrons. The Morgan fingerprint density at radius 1 is 1.21 bits per heavy atom. The highest BCUT2D eigenvalue weighted by Crippen LogP contribution is 1.92. The SMILES string of the molecule is c1ccc(B2OCCNCCO2)nc1. The van der Waals surface area contributed by atoms with Crippen molar-refractivity contribution in [2.24, 2.45) is 0 Å². The van der Waals surface area contributed by atoms with Crippen LogP contribution in [0.1, 0.15) is 0 Å². The van der Waals surface area contributed by atoms with Gasteiger partial charge in [-0.2, -0.15) is 0 Å². The molecule has 0 unspecified atom stereocenters. The van der Waals surface area contributed by atoms with Crippen molar-refractivity contribution in [1.82, 2.24) is 10.3 Å². The van der Waals surface area contributed by atoms with Crippen molar-refractivity contribution in [2.45, 2.75) is 0 Å². The van der Waals surface area contributed by atoms with E-state index in [2.05, 4.69) is 10.3 Å². The van der Waals surface area contributed by atoms with Crippen LogP contribution in [0.2, 0.25) is 0 Å². The van der Waals surface area contributed by atoms with Crippen molar-refractivity contribution in [1.29, 1.82) is 0 Å². The predicted molar refractivity (Wildman–Crippen MR) is 54.4 cm³/mol. The molecule has 0 bridgehead atoms. The zero-order valence-electron chi connectivity index (χ0n) is 7.98. The minimum absolute atomic E-state index is 0.307.